The van der Waals surface area contributed by atoms with Gasteiger partial charge >= 0.3 is 6.18 Å². The number of aromatic nitrogens is 2. The molecule has 11 heteroatoms. The average Bonchev–Trinajstić information content (AvgIpc) is 2.90. The smallest absolute Gasteiger partial charge is 0.243 e. The molecule has 0 saturated carbocycles. The predicted molar refractivity (Wildman–Crippen MR) is 74.6 cm³/mol. The second-order valence-corrected chi connectivity index (χ2v) is 7.47. The molecular formula is C10H7BrF3N3O2S2. The van der Waals surface area contributed by atoms with E-state index in [4.69, 9.17) is 0 Å². The first kappa shape index (κ1) is 16.2. The fourth-order valence-electron chi connectivity index (χ4n) is 1.45. The number of hydrogen-bond donors (Lipinski definition) is 0. The normalized spacial score (nSPS) is 12.4. The molecule has 1 heterocycles. The molecule has 0 bridgehead atoms. The summed E-state index contributed by atoms with van der Waals surface area (Å²) in [5, 5.41) is 7.14. The van der Waals surface area contributed by atoms with Gasteiger partial charge in [-0.05, 0) is 18.2 Å². The number of rotatable bonds is 3. The first-order valence-electron chi connectivity index (χ1n) is 5.26. The van der Waals surface area contributed by atoms with Gasteiger partial charge in [0.05, 0.1) is 10.5 Å². The van der Waals surface area contributed by atoms with Gasteiger partial charge in [0, 0.05) is 11.5 Å². The summed E-state index contributed by atoms with van der Waals surface area (Å²) < 4.78 is 63.7. The highest BCUT2D eigenvalue weighted by atomic mass is 79.9. The van der Waals surface area contributed by atoms with Crippen LogP contribution in [-0.2, 0) is 16.2 Å². The van der Waals surface area contributed by atoms with Gasteiger partial charge in [-0.15, -0.1) is 10.2 Å². The monoisotopic (exact) mass is 401 g/mol. The summed E-state index contributed by atoms with van der Waals surface area (Å²) in [7, 11) is -2.94. The Morgan fingerprint density at radius 1 is 1.33 bits per heavy atom. The topological polar surface area (TPSA) is 63.2 Å². The third-order valence-electron chi connectivity index (χ3n) is 2.52. The first-order valence-corrected chi connectivity index (χ1v) is 8.37. The Labute approximate surface area is 130 Å². The molecule has 21 heavy (non-hydrogen) atoms. The van der Waals surface area contributed by atoms with E-state index in [0.29, 0.717) is 6.07 Å². The zero-order valence-electron chi connectivity index (χ0n) is 10.3. The Balaban J connectivity index is 2.51. The van der Waals surface area contributed by atoms with Crippen molar-refractivity contribution >= 4 is 42.4 Å². The highest BCUT2D eigenvalue weighted by Gasteiger charge is 2.35. The maximum atomic E-state index is 12.8. The van der Waals surface area contributed by atoms with E-state index in [9.17, 15) is 21.6 Å². The zero-order chi connectivity index (χ0) is 15.8. The zero-order valence-corrected chi connectivity index (χ0v) is 13.5. The largest absolute Gasteiger partial charge is 0.417 e. The average molecular weight is 402 g/mol. The van der Waals surface area contributed by atoms with Gasteiger partial charge in [-0.3, -0.25) is 0 Å². The lowest BCUT2D eigenvalue weighted by Crippen LogP contribution is -2.26. The fourth-order valence-corrected chi connectivity index (χ4v) is 3.84. The van der Waals surface area contributed by atoms with E-state index in [0.717, 1.165) is 27.8 Å². The summed E-state index contributed by atoms with van der Waals surface area (Å²) in [6.07, 6.45) is -4.66. The third-order valence-corrected chi connectivity index (χ3v) is 5.84. The van der Waals surface area contributed by atoms with E-state index in [1.807, 2.05) is 0 Å². The fraction of sp³-hybridized carbons (Fsp3) is 0.200. The minimum Gasteiger partial charge on any atom is -0.243 e. The Morgan fingerprint density at radius 2 is 2.00 bits per heavy atom. The van der Waals surface area contributed by atoms with Crippen LogP contribution in [0.2, 0.25) is 0 Å². The van der Waals surface area contributed by atoms with Gasteiger partial charge in [0.15, 0.2) is 0 Å². The molecule has 5 nitrogen and oxygen atoms in total. The molecule has 0 aliphatic rings. The van der Waals surface area contributed by atoms with Crippen molar-refractivity contribution in [3.05, 3.63) is 33.7 Å². The molecule has 0 saturated heterocycles. The minimum absolute atomic E-state index is 0.0616. The molecule has 0 N–H and O–H groups in total. The van der Waals surface area contributed by atoms with Gasteiger partial charge in [0.1, 0.15) is 5.51 Å². The summed E-state index contributed by atoms with van der Waals surface area (Å²) in [5.74, 6) is 0. The molecule has 114 valence electrons. The van der Waals surface area contributed by atoms with Gasteiger partial charge in [-0.25, -0.2) is 12.7 Å². The van der Waals surface area contributed by atoms with Crippen molar-refractivity contribution in [2.45, 2.75) is 11.1 Å². The molecule has 1 aromatic heterocycles. The third kappa shape index (κ3) is 3.19. The molecular weight excluding hydrogens is 395 g/mol. The predicted octanol–water partition coefficient (Wildman–Crippen LogP) is 3.14. The van der Waals surface area contributed by atoms with Crippen molar-refractivity contribution < 1.29 is 21.6 Å². The molecule has 0 atom stereocenters. The lowest BCUT2D eigenvalue weighted by Gasteiger charge is -2.17. The number of nitrogens with zero attached hydrogens (tertiary/aromatic N) is 3. The maximum Gasteiger partial charge on any atom is 0.417 e. The van der Waals surface area contributed by atoms with E-state index in [-0.39, 0.29) is 9.60 Å². The second kappa shape index (κ2) is 5.54. The summed E-state index contributed by atoms with van der Waals surface area (Å²) in [6.45, 7) is 0. The molecule has 0 spiro atoms. The SMILES string of the molecule is CN(c1nncs1)S(=O)(=O)c1ccc(Br)c(C(F)(F)F)c1. The summed E-state index contributed by atoms with van der Waals surface area (Å²) in [4.78, 5) is -0.476. The van der Waals surface area contributed by atoms with Crippen molar-refractivity contribution in [1.29, 1.82) is 0 Å². The Kier molecular flexibility index (Phi) is 4.26. The van der Waals surface area contributed by atoms with Crippen LogP contribution in [0.15, 0.2) is 33.1 Å². The summed E-state index contributed by atoms with van der Waals surface area (Å²) in [6, 6.07) is 2.72. The van der Waals surface area contributed by atoms with Gasteiger partial charge in [-0.1, -0.05) is 27.3 Å². The Morgan fingerprint density at radius 3 is 2.52 bits per heavy atom. The number of hydrogen-bond acceptors (Lipinski definition) is 5. The molecule has 1 aromatic carbocycles. The van der Waals surface area contributed by atoms with Gasteiger partial charge in [0.2, 0.25) is 5.13 Å². The van der Waals surface area contributed by atoms with Crippen LogP contribution in [0.3, 0.4) is 0 Å². The van der Waals surface area contributed by atoms with Crippen molar-refractivity contribution in [3.8, 4) is 0 Å². The van der Waals surface area contributed by atoms with Crippen LogP contribution in [0.25, 0.3) is 0 Å². The van der Waals surface area contributed by atoms with Gasteiger partial charge < -0.3 is 0 Å². The number of alkyl halides is 3. The molecule has 0 radical (unpaired) electrons. The van der Waals surface area contributed by atoms with E-state index < -0.39 is 26.7 Å². The van der Waals surface area contributed by atoms with Crippen molar-refractivity contribution in [2.75, 3.05) is 11.4 Å². The van der Waals surface area contributed by atoms with Crippen LogP contribution < -0.4 is 4.31 Å². The molecule has 0 aliphatic heterocycles. The number of benzene rings is 1. The van der Waals surface area contributed by atoms with E-state index >= 15 is 0 Å². The van der Waals surface area contributed by atoms with Gasteiger partial charge in [-0.2, -0.15) is 13.2 Å². The van der Waals surface area contributed by atoms with Crippen LogP contribution in [-0.4, -0.2) is 25.7 Å². The highest BCUT2D eigenvalue weighted by molar-refractivity contribution is 9.10. The lowest BCUT2D eigenvalue weighted by atomic mass is 10.2. The van der Waals surface area contributed by atoms with Crippen LogP contribution >= 0.6 is 27.3 Å². The van der Waals surface area contributed by atoms with E-state index in [1.165, 1.54) is 12.6 Å². The number of halogens is 4. The van der Waals surface area contributed by atoms with Crippen LogP contribution in [0.1, 0.15) is 5.56 Å². The summed E-state index contributed by atoms with van der Waals surface area (Å²) in [5.41, 5.74) is 0.263. The quantitative estimate of drug-likeness (QED) is 0.792. The van der Waals surface area contributed by atoms with Crippen molar-refractivity contribution in [1.82, 2.24) is 10.2 Å². The van der Waals surface area contributed by atoms with Crippen molar-refractivity contribution in [3.63, 3.8) is 0 Å². The lowest BCUT2D eigenvalue weighted by molar-refractivity contribution is -0.138. The molecule has 2 rings (SSSR count). The minimum atomic E-state index is -4.66. The number of anilines is 1. The summed E-state index contributed by atoms with van der Waals surface area (Å²) >= 11 is 3.72. The molecule has 0 aliphatic carbocycles. The van der Waals surface area contributed by atoms with Crippen LogP contribution in [0.5, 0.6) is 0 Å². The van der Waals surface area contributed by atoms with E-state index in [1.54, 1.807) is 0 Å². The molecule has 0 unspecified atom stereocenters. The Bertz CT molecular complexity index is 747. The maximum absolute atomic E-state index is 12.8. The standard InChI is InChI=1S/C10H7BrF3N3O2S2/c1-17(9-16-15-5-20-9)21(18,19)6-2-3-8(11)7(4-6)10(12,13)14/h2-5H,1H3. The van der Waals surface area contributed by atoms with Gasteiger partial charge in [0.25, 0.3) is 10.0 Å². The van der Waals surface area contributed by atoms with E-state index in [2.05, 4.69) is 26.1 Å². The molecule has 0 amide bonds. The first-order chi connectivity index (χ1) is 9.64. The molecule has 0 fully saturated rings. The van der Waals surface area contributed by atoms with Crippen LogP contribution in [0, 0.1) is 0 Å². The number of sulfonamides is 1. The highest BCUT2D eigenvalue weighted by Crippen LogP contribution is 2.36. The van der Waals surface area contributed by atoms with Crippen LogP contribution in [0.4, 0.5) is 18.3 Å². The molecule has 2 aromatic rings. The van der Waals surface area contributed by atoms with Crippen molar-refractivity contribution in [2.24, 2.45) is 0 Å². The Hall–Kier alpha value is -1.20. The second-order valence-electron chi connectivity index (χ2n) is 3.83.